The van der Waals surface area contributed by atoms with E-state index in [1.54, 1.807) is 0 Å². The van der Waals surface area contributed by atoms with Crippen LogP contribution in [0.4, 0.5) is 0 Å². The molecule has 3 aromatic heterocycles. The van der Waals surface area contributed by atoms with Crippen LogP contribution in [0.1, 0.15) is 17.4 Å². The summed E-state index contributed by atoms with van der Waals surface area (Å²) in [6.07, 6.45) is 4.75. The molecule has 3 rings (SSSR count). The highest BCUT2D eigenvalue weighted by atomic mass is 16.5. The average molecular weight is 257 g/mol. The number of aromatic nitrogens is 4. The maximum Gasteiger partial charge on any atom is 0.227 e. The van der Waals surface area contributed by atoms with Crippen molar-refractivity contribution in [2.75, 3.05) is 6.54 Å². The van der Waals surface area contributed by atoms with Gasteiger partial charge in [0, 0.05) is 31.9 Å². The van der Waals surface area contributed by atoms with Crippen LogP contribution in [0.5, 0.6) is 0 Å². The lowest BCUT2D eigenvalue weighted by atomic mass is 10.4. The van der Waals surface area contributed by atoms with Crippen molar-refractivity contribution in [1.29, 1.82) is 0 Å². The second-order valence-electron chi connectivity index (χ2n) is 4.36. The van der Waals surface area contributed by atoms with Crippen LogP contribution in [0, 0.1) is 6.92 Å². The minimum atomic E-state index is 0.667. The summed E-state index contributed by atoms with van der Waals surface area (Å²) < 4.78 is 7.06. The highest BCUT2D eigenvalue weighted by Gasteiger charge is 2.03. The molecule has 0 amide bonds. The van der Waals surface area contributed by atoms with Gasteiger partial charge in [-0.3, -0.25) is 0 Å². The Bertz CT molecular complexity index is 639. The van der Waals surface area contributed by atoms with Crippen LogP contribution in [0.15, 0.2) is 35.1 Å². The molecule has 0 aliphatic rings. The van der Waals surface area contributed by atoms with Gasteiger partial charge in [0.1, 0.15) is 5.65 Å². The maximum atomic E-state index is 5.04. The van der Waals surface area contributed by atoms with E-state index in [4.69, 9.17) is 4.52 Å². The fourth-order valence-corrected chi connectivity index (χ4v) is 1.93. The van der Waals surface area contributed by atoms with Gasteiger partial charge in [0.15, 0.2) is 5.82 Å². The Morgan fingerprint density at radius 1 is 1.32 bits per heavy atom. The normalized spacial score (nSPS) is 11.2. The molecule has 0 bridgehead atoms. The fourth-order valence-electron chi connectivity index (χ4n) is 1.93. The summed E-state index contributed by atoms with van der Waals surface area (Å²) in [6, 6.07) is 5.96. The van der Waals surface area contributed by atoms with E-state index in [9.17, 15) is 0 Å². The molecule has 6 heteroatoms. The zero-order valence-electron chi connectivity index (χ0n) is 10.7. The second-order valence-corrected chi connectivity index (χ2v) is 4.36. The molecule has 6 nitrogen and oxygen atoms in total. The molecule has 0 unspecified atom stereocenters. The van der Waals surface area contributed by atoms with Crippen molar-refractivity contribution in [3.63, 3.8) is 0 Å². The molecule has 0 fully saturated rings. The number of fused-ring (bicyclic) bond motifs is 1. The van der Waals surface area contributed by atoms with E-state index < -0.39 is 0 Å². The predicted molar refractivity (Wildman–Crippen MR) is 69.6 cm³/mol. The molecular weight excluding hydrogens is 242 g/mol. The van der Waals surface area contributed by atoms with Crippen LogP contribution in [-0.4, -0.2) is 26.1 Å². The lowest BCUT2D eigenvalue weighted by Gasteiger charge is -1.98. The standard InChI is InChI=1S/C13H15N5O/c1-10-15-13(19-17-10)5-6-14-8-11-9-18-7-3-2-4-12(18)16-11/h2-4,7,9,14H,5-6,8H2,1H3. The molecule has 0 aliphatic carbocycles. The fraction of sp³-hybridized carbons (Fsp3) is 0.308. The number of nitrogens with zero attached hydrogens (tertiary/aromatic N) is 4. The van der Waals surface area contributed by atoms with Gasteiger partial charge in [0.25, 0.3) is 0 Å². The summed E-state index contributed by atoms with van der Waals surface area (Å²) in [5, 5.41) is 7.07. The number of aryl methyl sites for hydroxylation is 1. The first kappa shape index (κ1) is 11.9. The van der Waals surface area contributed by atoms with Crippen molar-refractivity contribution in [3.8, 4) is 0 Å². The smallest absolute Gasteiger partial charge is 0.227 e. The Morgan fingerprint density at radius 2 is 2.26 bits per heavy atom. The summed E-state index contributed by atoms with van der Waals surface area (Å²) >= 11 is 0. The van der Waals surface area contributed by atoms with Gasteiger partial charge in [0.05, 0.1) is 5.69 Å². The van der Waals surface area contributed by atoms with Crippen molar-refractivity contribution in [3.05, 3.63) is 48.0 Å². The number of pyridine rings is 1. The van der Waals surface area contributed by atoms with E-state index in [0.29, 0.717) is 11.7 Å². The van der Waals surface area contributed by atoms with Crippen molar-refractivity contribution < 1.29 is 4.52 Å². The lowest BCUT2D eigenvalue weighted by molar-refractivity contribution is 0.372. The number of imidazole rings is 1. The SMILES string of the molecule is Cc1noc(CCNCc2cn3ccccc3n2)n1. The second kappa shape index (κ2) is 5.19. The number of nitrogens with one attached hydrogen (secondary N) is 1. The summed E-state index contributed by atoms with van der Waals surface area (Å²) in [6.45, 7) is 3.33. The van der Waals surface area contributed by atoms with Crippen LogP contribution in [-0.2, 0) is 13.0 Å². The molecule has 98 valence electrons. The summed E-state index contributed by atoms with van der Waals surface area (Å²) in [7, 11) is 0. The van der Waals surface area contributed by atoms with Crippen LogP contribution < -0.4 is 5.32 Å². The topological polar surface area (TPSA) is 68.2 Å². The van der Waals surface area contributed by atoms with Crippen LogP contribution in [0.25, 0.3) is 5.65 Å². The first-order chi connectivity index (χ1) is 9.31. The Balaban J connectivity index is 1.52. The van der Waals surface area contributed by atoms with E-state index in [0.717, 1.165) is 30.9 Å². The van der Waals surface area contributed by atoms with Gasteiger partial charge in [0.2, 0.25) is 5.89 Å². The lowest BCUT2D eigenvalue weighted by Crippen LogP contribution is -2.17. The third-order valence-electron chi connectivity index (χ3n) is 2.81. The van der Waals surface area contributed by atoms with E-state index in [1.807, 2.05) is 41.9 Å². The third kappa shape index (κ3) is 2.79. The Labute approximate surface area is 110 Å². The highest BCUT2D eigenvalue weighted by molar-refractivity contribution is 5.39. The highest BCUT2D eigenvalue weighted by Crippen LogP contribution is 2.04. The molecule has 3 aromatic rings. The first-order valence-electron chi connectivity index (χ1n) is 6.24. The quantitative estimate of drug-likeness (QED) is 0.699. The van der Waals surface area contributed by atoms with Gasteiger partial charge < -0.3 is 14.2 Å². The molecule has 19 heavy (non-hydrogen) atoms. The average Bonchev–Trinajstić information content (AvgIpc) is 3.00. The van der Waals surface area contributed by atoms with E-state index in [2.05, 4.69) is 20.4 Å². The summed E-state index contributed by atoms with van der Waals surface area (Å²) in [5.41, 5.74) is 1.99. The zero-order valence-corrected chi connectivity index (χ0v) is 10.7. The summed E-state index contributed by atoms with van der Waals surface area (Å²) in [4.78, 5) is 8.66. The molecule has 0 radical (unpaired) electrons. The monoisotopic (exact) mass is 257 g/mol. The Kier molecular flexibility index (Phi) is 3.24. The van der Waals surface area contributed by atoms with Gasteiger partial charge >= 0.3 is 0 Å². The Morgan fingerprint density at radius 3 is 3.05 bits per heavy atom. The van der Waals surface area contributed by atoms with Crippen LogP contribution in [0.2, 0.25) is 0 Å². The third-order valence-corrected chi connectivity index (χ3v) is 2.81. The molecule has 3 heterocycles. The van der Waals surface area contributed by atoms with Crippen molar-refractivity contribution >= 4 is 5.65 Å². The molecule has 0 saturated carbocycles. The largest absolute Gasteiger partial charge is 0.339 e. The first-order valence-corrected chi connectivity index (χ1v) is 6.24. The maximum absolute atomic E-state index is 5.04. The van der Waals surface area contributed by atoms with Gasteiger partial charge in [-0.05, 0) is 19.1 Å². The predicted octanol–water partition coefficient (Wildman–Crippen LogP) is 1.36. The zero-order chi connectivity index (χ0) is 13.1. The van der Waals surface area contributed by atoms with Crippen molar-refractivity contribution in [2.45, 2.75) is 19.9 Å². The van der Waals surface area contributed by atoms with Crippen LogP contribution in [0.3, 0.4) is 0 Å². The van der Waals surface area contributed by atoms with Crippen LogP contribution >= 0.6 is 0 Å². The van der Waals surface area contributed by atoms with Gasteiger partial charge in [-0.15, -0.1) is 0 Å². The molecule has 0 saturated heterocycles. The minimum Gasteiger partial charge on any atom is -0.339 e. The van der Waals surface area contributed by atoms with Crippen molar-refractivity contribution in [1.82, 2.24) is 24.8 Å². The molecule has 0 aliphatic heterocycles. The molecule has 1 N–H and O–H groups in total. The number of hydrogen-bond acceptors (Lipinski definition) is 5. The van der Waals surface area contributed by atoms with Gasteiger partial charge in [-0.25, -0.2) is 4.98 Å². The van der Waals surface area contributed by atoms with E-state index in [-0.39, 0.29) is 0 Å². The number of rotatable bonds is 5. The molecular formula is C13H15N5O. The van der Waals surface area contributed by atoms with Crippen molar-refractivity contribution in [2.24, 2.45) is 0 Å². The van der Waals surface area contributed by atoms with Gasteiger partial charge in [-0.1, -0.05) is 11.2 Å². The van der Waals surface area contributed by atoms with Gasteiger partial charge in [-0.2, -0.15) is 4.98 Å². The Hall–Kier alpha value is -2.21. The van der Waals surface area contributed by atoms with E-state index in [1.165, 1.54) is 0 Å². The minimum absolute atomic E-state index is 0.667. The molecule has 0 atom stereocenters. The molecule has 0 spiro atoms. The van der Waals surface area contributed by atoms with E-state index >= 15 is 0 Å². The molecule has 0 aromatic carbocycles. The number of hydrogen-bond donors (Lipinski definition) is 1. The summed E-state index contributed by atoms with van der Waals surface area (Å²) in [5.74, 6) is 1.34.